The van der Waals surface area contributed by atoms with Crippen molar-refractivity contribution in [2.24, 2.45) is 5.73 Å². The van der Waals surface area contributed by atoms with Gasteiger partial charge in [0.05, 0.1) is 17.9 Å². The predicted molar refractivity (Wildman–Crippen MR) is 110 cm³/mol. The fraction of sp³-hybridized carbons (Fsp3) is 0.105. The molecule has 1 unspecified atom stereocenters. The van der Waals surface area contributed by atoms with Gasteiger partial charge < -0.3 is 16.8 Å². The number of nitrogens with zero attached hydrogens (tertiary/aromatic N) is 5. The van der Waals surface area contributed by atoms with E-state index in [-0.39, 0.29) is 23.2 Å². The van der Waals surface area contributed by atoms with Crippen LogP contribution in [0, 0.1) is 0 Å². The molecule has 0 bridgehead atoms. The molecule has 0 aliphatic rings. The summed E-state index contributed by atoms with van der Waals surface area (Å²) in [5, 5.41) is 8.27. The SMILES string of the molecule is CC(Nc1ncnc(N)c1C(N)=O)c1cc2ncc(Cl)n2nc1-c1ccccc1. The number of nitrogens with one attached hydrogen (secondary N) is 1. The molecule has 10 heteroatoms. The predicted octanol–water partition coefficient (Wildman–Crippen LogP) is 2.69. The van der Waals surface area contributed by atoms with Crippen LogP contribution in [0.4, 0.5) is 11.6 Å². The van der Waals surface area contributed by atoms with Gasteiger partial charge in [0.2, 0.25) is 0 Å². The Labute approximate surface area is 170 Å². The molecule has 29 heavy (non-hydrogen) atoms. The Morgan fingerprint density at radius 3 is 2.69 bits per heavy atom. The molecule has 0 radical (unpaired) electrons. The van der Waals surface area contributed by atoms with Crippen LogP contribution < -0.4 is 16.8 Å². The van der Waals surface area contributed by atoms with E-state index in [2.05, 4.69) is 25.4 Å². The van der Waals surface area contributed by atoms with Gasteiger partial charge in [-0.05, 0) is 13.0 Å². The second-order valence-electron chi connectivity index (χ2n) is 6.38. The number of carbonyl (C=O) groups is 1. The van der Waals surface area contributed by atoms with Crippen molar-refractivity contribution < 1.29 is 4.79 Å². The molecule has 0 aliphatic heterocycles. The Hall–Kier alpha value is -3.72. The largest absolute Gasteiger partial charge is 0.383 e. The number of carbonyl (C=O) groups excluding carboxylic acids is 1. The first-order valence-corrected chi connectivity index (χ1v) is 9.10. The lowest BCUT2D eigenvalue weighted by molar-refractivity contribution is 0.100. The minimum atomic E-state index is -0.713. The van der Waals surface area contributed by atoms with Crippen molar-refractivity contribution in [2.75, 3.05) is 11.1 Å². The summed E-state index contributed by atoms with van der Waals surface area (Å²) in [5.74, 6) is -0.452. The highest BCUT2D eigenvalue weighted by Gasteiger charge is 2.21. The molecule has 0 aliphatic carbocycles. The van der Waals surface area contributed by atoms with Crippen LogP contribution in [0.3, 0.4) is 0 Å². The van der Waals surface area contributed by atoms with Crippen LogP contribution in [0.2, 0.25) is 5.15 Å². The fourth-order valence-corrected chi connectivity index (χ4v) is 3.26. The second-order valence-corrected chi connectivity index (χ2v) is 6.77. The molecule has 1 aromatic carbocycles. The maximum absolute atomic E-state index is 11.8. The summed E-state index contributed by atoms with van der Waals surface area (Å²) >= 11 is 6.21. The highest BCUT2D eigenvalue weighted by atomic mass is 35.5. The first-order valence-electron chi connectivity index (χ1n) is 8.72. The molecule has 9 nitrogen and oxygen atoms in total. The number of amides is 1. The van der Waals surface area contributed by atoms with E-state index in [1.165, 1.54) is 12.5 Å². The zero-order valence-electron chi connectivity index (χ0n) is 15.4. The number of rotatable bonds is 5. The van der Waals surface area contributed by atoms with Crippen LogP contribution in [-0.4, -0.2) is 30.5 Å². The zero-order valence-corrected chi connectivity index (χ0v) is 16.1. The van der Waals surface area contributed by atoms with Gasteiger partial charge in [-0.25, -0.2) is 19.5 Å². The van der Waals surface area contributed by atoms with Gasteiger partial charge in [-0.2, -0.15) is 5.10 Å². The van der Waals surface area contributed by atoms with Crippen molar-refractivity contribution in [3.05, 3.63) is 65.2 Å². The second kappa shape index (κ2) is 7.36. The summed E-state index contributed by atoms with van der Waals surface area (Å²) in [5.41, 5.74) is 14.3. The third-order valence-electron chi connectivity index (χ3n) is 4.47. The summed E-state index contributed by atoms with van der Waals surface area (Å²) in [6.45, 7) is 1.91. The number of hydrogen-bond donors (Lipinski definition) is 3. The standard InChI is InChI=1S/C19H17ClN8O/c1-10(26-19-15(18(22)29)17(21)24-9-25-19)12-7-14-23-8-13(20)28(14)27-16(12)11-5-3-2-4-6-11/h2-10H,1H3,(H2,22,29)(H3,21,24,25,26). The first kappa shape index (κ1) is 18.6. The van der Waals surface area contributed by atoms with Gasteiger partial charge in [0.1, 0.15) is 23.5 Å². The first-order chi connectivity index (χ1) is 14.0. The van der Waals surface area contributed by atoms with Crippen LogP contribution in [-0.2, 0) is 0 Å². The topological polar surface area (TPSA) is 137 Å². The number of nitrogen functional groups attached to an aromatic ring is 1. The number of anilines is 2. The number of fused-ring (bicyclic) bond motifs is 1. The van der Waals surface area contributed by atoms with Crippen LogP contribution in [0.15, 0.2) is 48.9 Å². The highest BCUT2D eigenvalue weighted by molar-refractivity contribution is 6.29. The van der Waals surface area contributed by atoms with Gasteiger partial charge in [-0.15, -0.1) is 0 Å². The van der Waals surface area contributed by atoms with Crippen molar-refractivity contribution >= 4 is 34.8 Å². The van der Waals surface area contributed by atoms with E-state index in [1.807, 2.05) is 43.3 Å². The molecule has 3 aromatic heterocycles. The van der Waals surface area contributed by atoms with Gasteiger partial charge in [-0.1, -0.05) is 41.9 Å². The Morgan fingerprint density at radius 1 is 1.21 bits per heavy atom. The van der Waals surface area contributed by atoms with Crippen molar-refractivity contribution in [3.63, 3.8) is 0 Å². The molecule has 1 amide bonds. The summed E-state index contributed by atoms with van der Waals surface area (Å²) in [7, 11) is 0. The van der Waals surface area contributed by atoms with Crippen LogP contribution >= 0.6 is 11.6 Å². The molecule has 0 fully saturated rings. The molecule has 4 rings (SSSR count). The number of halogens is 1. The number of primary amides is 1. The summed E-state index contributed by atoms with van der Waals surface area (Å²) in [6.07, 6.45) is 2.81. The number of nitrogens with two attached hydrogens (primary N) is 2. The molecule has 0 spiro atoms. The smallest absolute Gasteiger partial charge is 0.256 e. The molecule has 4 aromatic rings. The van der Waals surface area contributed by atoms with Gasteiger partial charge in [0, 0.05) is 11.1 Å². The third-order valence-corrected chi connectivity index (χ3v) is 4.73. The lowest BCUT2D eigenvalue weighted by Crippen LogP contribution is -2.20. The Morgan fingerprint density at radius 2 is 1.97 bits per heavy atom. The van der Waals surface area contributed by atoms with Gasteiger partial charge in [0.25, 0.3) is 5.91 Å². The van der Waals surface area contributed by atoms with Gasteiger partial charge in [0.15, 0.2) is 10.8 Å². The van der Waals surface area contributed by atoms with Crippen molar-refractivity contribution in [1.82, 2.24) is 24.6 Å². The number of benzene rings is 1. The van der Waals surface area contributed by atoms with E-state index in [0.717, 1.165) is 11.1 Å². The summed E-state index contributed by atoms with van der Waals surface area (Å²) in [4.78, 5) is 24.1. The van der Waals surface area contributed by atoms with E-state index in [4.69, 9.17) is 23.1 Å². The Bertz CT molecular complexity index is 1210. The van der Waals surface area contributed by atoms with Crippen molar-refractivity contribution in [1.29, 1.82) is 0 Å². The molecular formula is C19H17ClN8O. The van der Waals surface area contributed by atoms with Crippen LogP contribution in [0.1, 0.15) is 28.9 Å². The van der Waals surface area contributed by atoms with Gasteiger partial charge >= 0.3 is 0 Å². The highest BCUT2D eigenvalue weighted by Crippen LogP contribution is 2.31. The van der Waals surface area contributed by atoms with E-state index >= 15 is 0 Å². The maximum atomic E-state index is 11.8. The monoisotopic (exact) mass is 408 g/mol. The van der Waals surface area contributed by atoms with Crippen molar-refractivity contribution in [2.45, 2.75) is 13.0 Å². The molecule has 5 N–H and O–H groups in total. The molecule has 0 saturated carbocycles. The zero-order chi connectivity index (χ0) is 20.5. The lowest BCUT2D eigenvalue weighted by atomic mass is 10.0. The van der Waals surface area contributed by atoms with E-state index in [0.29, 0.717) is 16.5 Å². The minimum absolute atomic E-state index is 0.0131. The Balaban J connectivity index is 1.83. The molecule has 146 valence electrons. The summed E-state index contributed by atoms with van der Waals surface area (Å²) in [6, 6.07) is 11.2. The van der Waals surface area contributed by atoms with E-state index < -0.39 is 5.91 Å². The number of aromatic nitrogens is 5. The van der Waals surface area contributed by atoms with Crippen LogP contribution in [0.25, 0.3) is 16.9 Å². The lowest BCUT2D eigenvalue weighted by Gasteiger charge is -2.20. The quantitative estimate of drug-likeness (QED) is 0.461. The van der Waals surface area contributed by atoms with E-state index in [1.54, 1.807) is 4.52 Å². The van der Waals surface area contributed by atoms with Crippen molar-refractivity contribution in [3.8, 4) is 11.3 Å². The number of imidazole rings is 1. The average Bonchev–Trinajstić information content (AvgIpc) is 3.07. The maximum Gasteiger partial charge on any atom is 0.256 e. The average molecular weight is 409 g/mol. The molecule has 0 saturated heterocycles. The minimum Gasteiger partial charge on any atom is -0.383 e. The molecule has 3 heterocycles. The third kappa shape index (κ3) is 3.43. The van der Waals surface area contributed by atoms with E-state index in [9.17, 15) is 4.79 Å². The number of hydrogen-bond acceptors (Lipinski definition) is 7. The van der Waals surface area contributed by atoms with Gasteiger partial charge in [-0.3, -0.25) is 4.79 Å². The summed E-state index contributed by atoms with van der Waals surface area (Å²) < 4.78 is 1.57. The normalized spacial score (nSPS) is 12.1. The Kier molecular flexibility index (Phi) is 4.73. The molecular weight excluding hydrogens is 392 g/mol. The fourth-order valence-electron chi connectivity index (χ4n) is 3.09. The van der Waals surface area contributed by atoms with Crippen LogP contribution in [0.5, 0.6) is 0 Å². The molecule has 1 atom stereocenters.